The Hall–Kier alpha value is -1.76. The second kappa shape index (κ2) is 5.53. The lowest BCUT2D eigenvalue weighted by atomic mass is 10.2. The molecule has 2 heterocycles. The van der Waals surface area contributed by atoms with Gasteiger partial charge in [-0.1, -0.05) is 5.16 Å². The molecule has 0 unspecified atom stereocenters. The first-order chi connectivity index (χ1) is 8.25. The van der Waals surface area contributed by atoms with Crippen LogP contribution < -0.4 is 5.32 Å². The third-order valence-electron chi connectivity index (χ3n) is 2.02. The summed E-state index contributed by atoms with van der Waals surface area (Å²) in [6.45, 7) is 0.445. The van der Waals surface area contributed by atoms with Crippen molar-refractivity contribution in [1.82, 2.24) is 20.4 Å². The Bertz CT molecular complexity index is 501. The van der Waals surface area contributed by atoms with Crippen LogP contribution in [0.3, 0.4) is 0 Å². The summed E-state index contributed by atoms with van der Waals surface area (Å²) in [6, 6.07) is 3.30. The van der Waals surface area contributed by atoms with Gasteiger partial charge < -0.3 is 9.84 Å². The average molecular weight is 297 g/mol. The minimum absolute atomic E-state index is 0.160. The van der Waals surface area contributed by atoms with Gasteiger partial charge in [0, 0.05) is 24.7 Å². The molecule has 2 aromatic rings. The standard InChI is InChI=1S/C10H9BrN4O2/c11-8-5-7(1-3-12-8)10(16)13-4-2-9-14-6-15-17-9/h1,3,5-6H,2,4H2,(H,13,16). The summed E-state index contributed by atoms with van der Waals surface area (Å²) >= 11 is 3.21. The molecule has 0 saturated carbocycles. The summed E-state index contributed by atoms with van der Waals surface area (Å²) in [6.07, 6.45) is 3.41. The van der Waals surface area contributed by atoms with Crippen LogP contribution in [0.5, 0.6) is 0 Å². The molecule has 2 rings (SSSR count). The van der Waals surface area contributed by atoms with Crippen molar-refractivity contribution in [3.63, 3.8) is 0 Å². The van der Waals surface area contributed by atoms with Gasteiger partial charge in [-0.2, -0.15) is 4.98 Å². The molecule has 0 aliphatic carbocycles. The van der Waals surface area contributed by atoms with E-state index in [-0.39, 0.29) is 5.91 Å². The molecule has 17 heavy (non-hydrogen) atoms. The van der Waals surface area contributed by atoms with Gasteiger partial charge in [-0.3, -0.25) is 4.79 Å². The highest BCUT2D eigenvalue weighted by Crippen LogP contribution is 2.07. The third kappa shape index (κ3) is 3.35. The molecule has 88 valence electrons. The zero-order chi connectivity index (χ0) is 12.1. The van der Waals surface area contributed by atoms with Gasteiger partial charge in [0.2, 0.25) is 5.89 Å². The van der Waals surface area contributed by atoms with E-state index in [1.54, 1.807) is 18.3 Å². The normalized spacial score (nSPS) is 10.2. The molecule has 2 aromatic heterocycles. The molecular weight excluding hydrogens is 288 g/mol. The fraction of sp³-hybridized carbons (Fsp3) is 0.200. The van der Waals surface area contributed by atoms with Gasteiger partial charge in [-0.05, 0) is 28.1 Å². The molecule has 0 saturated heterocycles. The van der Waals surface area contributed by atoms with E-state index in [1.165, 1.54) is 6.33 Å². The Morgan fingerprint density at radius 3 is 3.06 bits per heavy atom. The van der Waals surface area contributed by atoms with Crippen LogP contribution in [0.25, 0.3) is 0 Å². The van der Waals surface area contributed by atoms with Crippen LogP contribution in [0.2, 0.25) is 0 Å². The van der Waals surface area contributed by atoms with E-state index in [1.807, 2.05) is 0 Å². The Morgan fingerprint density at radius 2 is 2.35 bits per heavy atom. The van der Waals surface area contributed by atoms with Crippen molar-refractivity contribution in [3.8, 4) is 0 Å². The maximum absolute atomic E-state index is 11.7. The molecule has 0 radical (unpaired) electrons. The van der Waals surface area contributed by atoms with Gasteiger partial charge in [0.1, 0.15) is 4.60 Å². The Morgan fingerprint density at radius 1 is 1.47 bits per heavy atom. The second-order valence-corrected chi connectivity index (χ2v) is 4.02. The molecule has 1 N–H and O–H groups in total. The number of amides is 1. The highest BCUT2D eigenvalue weighted by molar-refractivity contribution is 9.10. The predicted molar refractivity (Wildman–Crippen MR) is 62.3 cm³/mol. The Labute approximate surface area is 106 Å². The monoisotopic (exact) mass is 296 g/mol. The first-order valence-corrected chi connectivity index (χ1v) is 5.70. The minimum Gasteiger partial charge on any atom is -0.352 e. The Kier molecular flexibility index (Phi) is 3.81. The molecule has 0 aliphatic rings. The molecule has 0 aromatic carbocycles. The lowest BCUT2D eigenvalue weighted by molar-refractivity contribution is 0.0953. The van der Waals surface area contributed by atoms with Gasteiger partial charge in [0.05, 0.1) is 0 Å². The van der Waals surface area contributed by atoms with E-state index < -0.39 is 0 Å². The van der Waals surface area contributed by atoms with Gasteiger partial charge in [0.15, 0.2) is 6.33 Å². The van der Waals surface area contributed by atoms with Crippen LogP contribution in [0, 0.1) is 0 Å². The van der Waals surface area contributed by atoms with Crippen molar-refractivity contribution in [2.45, 2.75) is 6.42 Å². The maximum Gasteiger partial charge on any atom is 0.251 e. The van der Waals surface area contributed by atoms with E-state index >= 15 is 0 Å². The van der Waals surface area contributed by atoms with Gasteiger partial charge in [0.25, 0.3) is 5.91 Å². The fourth-order valence-electron chi connectivity index (χ4n) is 1.23. The smallest absolute Gasteiger partial charge is 0.251 e. The number of pyridine rings is 1. The number of rotatable bonds is 4. The largest absolute Gasteiger partial charge is 0.352 e. The average Bonchev–Trinajstić information content (AvgIpc) is 2.82. The zero-order valence-corrected chi connectivity index (χ0v) is 10.3. The zero-order valence-electron chi connectivity index (χ0n) is 8.76. The van der Waals surface area contributed by atoms with E-state index in [0.29, 0.717) is 29.0 Å². The number of aromatic nitrogens is 3. The molecule has 7 heteroatoms. The van der Waals surface area contributed by atoms with Crippen LogP contribution in [-0.2, 0) is 6.42 Å². The number of halogens is 1. The number of carbonyl (C=O) groups is 1. The molecule has 0 spiro atoms. The SMILES string of the molecule is O=C(NCCc1ncno1)c1ccnc(Br)c1. The van der Waals surface area contributed by atoms with Crippen molar-refractivity contribution in [1.29, 1.82) is 0 Å². The van der Waals surface area contributed by atoms with Crippen molar-refractivity contribution < 1.29 is 9.32 Å². The molecule has 0 fully saturated rings. The van der Waals surface area contributed by atoms with Crippen LogP contribution in [0.15, 0.2) is 33.8 Å². The Balaban J connectivity index is 1.85. The summed E-state index contributed by atoms with van der Waals surface area (Å²) in [7, 11) is 0. The van der Waals surface area contributed by atoms with Crippen molar-refractivity contribution in [2.75, 3.05) is 6.54 Å². The number of hydrogen-bond donors (Lipinski definition) is 1. The molecule has 0 aliphatic heterocycles. The fourth-order valence-corrected chi connectivity index (χ4v) is 1.60. The highest BCUT2D eigenvalue weighted by Gasteiger charge is 2.06. The number of carbonyl (C=O) groups excluding carboxylic acids is 1. The topological polar surface area (TPSA) is 80.9 Å². The van der Waals surface area contributed by atoms with Crippen molar-refractivity contribution in [2.24, 2.45) is 0 Å². The van der Waals surface area contributed by atoms with Crippen LogP contribution in [0.1, 0.15) is 16.2 Å². The van der Waals surface area contributed by atoms with Crippen LogP contribution in [-0.4, -0.2) is 27.6 Å². The first-order valence-electron chi connectivity index (χ1n) is 4.91. The first kappa shape index (κ1) is 11.7. The van der Waals surface area contributed by atoms with E-state index in [4.69, 9.17) is 4.52 Å². The van der Waals surface area contributed by atoms with Gasteiger partial charge in [-0.15, -0.1) is 0 Å². The highest BCUT2D eigenvalue weighted by atomic mass is 79.9. The van der Waals surface area contributed by atoms with E-state index in [0.717, 1.165) is 0 Å². The molecule has 0 atom stereocenters. The van der Waals surface area contributed by atoms with E-state index in [9.17, 15) is 4.79 Å². The summed E-state index contributed by atoms with van der Waals surface area (Å²) in [5, 5.41) is 6.23. The lowest BCUT2D eigenvalue weighted by Crippen LogP contribution is -2.25. The van der Waals surface area contributed by atoms with E-state index in [2.05, 4.69) is 36.4 Å². The number of nitrogens with one attached hydrogen (secondary N) is 1. The predicted octanol–water partition coefficient (Wildman–Crippen LogP) is 1.20. The number of nitrogens with zero attached hydrogens (tertiary/aromatic N) is 3. The summed E-state index contributed by atoms with van der Waals surface area (Å²) in [5.41, 5.74) is 0.553. The molecular formula is C10H9BrN4O2. The van der Waals surface area contributed by atoms with Crippen molar-refractivity contribution >= 4 is 21.8 Å². The maximum atomic E-state index is 11.7. The molecule has 6 nitrogen and oxygen atoms in total. The number of hydrogen-bond acceptors (Lipinski definition) is 5. The molecule has 0 bridgehead atoms. The molecule has 1 amide bonds. The van der Waals surface area contributed by atoms with Crippen LogP contribution in [0.4, 0.5) is 0 Å². The summed E-state index contributed by atoms with van der Waals surface area (Å²) < 4.78 is 5.44. The van der Waals surface area contributed by atoms with Crippen LogP contribution >= 0.6 is 15.9 Å². The third-order valence-corrected chi connectivity index (χ3v) is 2.45. The summed E-state index contributed by atoms with van der Waals surface area (Å²) in [5.74, 6) is 0.342. The lowest BCUT2D eigenvalue weighted by Gasteiger charge is -2.03. The quantitative estimate of drug-likeness (QED) is 0.858. The van der Waals surface area contributed by atoms with Gasteiger partial charge in [-0.25, -0.2) is 4.98 Å². The summed E-state index contributed by atoms with van der Waals surface area (Å²) in [4.78, 5) is 19.5. The second-order valence-electron chi connectivity index (χ2n) is 3.21. The van der Waals surface area contributed by atoms with Crippen molar-refractivity contribution in [3.05, 3.63) is 40.7 Å². The minimum atomic E-state index is -0.160. The van der Waals surface area contributed by atoms with Gasteiger partial charge >= 0.3 is 0 Å².